The summed E-state index contributed by atoms with van der Waals surface area (Å²) < 4.78 is 123. The Bertz CT molecular complexity index is 3380. The first-order valence-electron chi connectivity index (χ1n) is 40.7. The van der Waals surface area contributed by atoms with Crippen LogP contribution in [0, 0.1) is 0 Å². The third-order valence-electron chi connectivity index (χ3n) is 23.7. The third kappa shape index (κ3) is 22.6. The van der Waals surface area contributed by atoms with Gasteiger partial charge < -0.3 is 279 Å². The molecule has 11 rings (SSSR count). The summed E-state index contributed by atoms with van der Waals surface area (Å²) in [6, 6.07) is -3.73. The van der Waals surface area contributed by atoms with Gasteiger partial charge in [0.15, 0.2) is 69.2 Å². The van der Waals surface area contributed by atoms with Crippen molar-refractivity contribution in [3.05, 3.63) is 0 Å². The van der Waals surface area contributed by atoms with Gasteiger partial charge in [0.2, 0.25) is 11.8 Å². The third-order valence-corrected chi connectivity index (χ3v) is 23.7. The minimum Gasteiger partial charge on any atom is -0.394 e. The van der Waals surface area contributed by atoms with Crippen LogP contribution in [0.25, 0.3) is 0 Å². The van der Waals surface area contributed by atoms with Gasteiger partial charge in [-0.1, -0.05) is 0 Å². The minimum absolute atomic E-state index is 0.829. The maximum absolute atomic E-state index is 13.2. The molecule has 0 spiro atoms. The van der Waals surface area contributed by atoms with Crippen LogP contribution in [0.2, 0.25) is 0 Å². The van der Waals surface area contributed by atoms with Crippen molar-refractivity contribution in [3.63, 3.8) is 0 Å². The molecule has 55 atom stereocenters. The highest BCUT2D eigenvalue weighted by molar-refractivity contribution is 5.73. The second-order valence-electron chi connectivity index (χ2n) is 32.4. The van der Waals surface area contributed by atoms with Gasteiger partial charge in [-0.15, -0.1) is 0 Å². The number of hydrogen-bond acceptors (Lipinski definition) is 56. The average Bonchev–Trinajstić information content (AvgIpc) is 0.766. The highest BCUT2D eigenvalue weighted by Gasteiger charge is 2.62. The molecule has 2 amide bonds. The number of ether oxygens (including phenoxy) is 21. The molecule has 128 heavy (non-hydrogen) atoms. The minimum atomic E-state index is -2.75. The van der Waals surface area contributed by atoms with Crippen molar-refractivity contribution >= 4 is 11.8 Å². The Morgan fingerprint density at radius 3 is 0.828 bits per heavy atom. The number of carbonyl (C=O) groups excluding carboxylic acids is 2. The maximum Gasteiger partial charge on any atom is 0.217 e. The van der Waals surface area contributed by atoms with Gasteiger partial charge in [0.25, 0.3) is 0 Å². The molecule has 0 radical (unpaired) electrons. The zero-order valence-corrected chi connectivity index (χ0v) is 67.7. The summed E-state index contributed by atoms with van der Waals surface area (Å²) in [6.07, 6.45) is -117. The lowest BCUT2D eigenvalue weighted by Crippen LogP contribution is -2.70. The average molecular weight is 1880 g/mol. The van der Waals surface area contributed by atoms with Gasteiger partial charge in [0.1, 0.15) is 268 Å². The summed E-state index contributed by atoms with van der Waals surface area (Å²) >= 11 is 0. The highest BCUT2D eigenvalue weighted by atomic mass is 16.8. The first-order valence-corrected chi connectivity index (χ1v) is 40.7. The van der Waals surface area contributed by atoms with E-state index in [1.54, 1.807) is 0 Å². The molecule has 0 unspecified atom stereocenters. The van der Waals surface area contributed by atoms with E-state index in [0.29, 0.717) is 0 Å². The molecule has 58 nitrogen and oxygen atoms in total. The number of nitrogens with one attached hydrogen (secondary N) is 2. The Hall–Kier alpha value is -3.22. The van der Waals surface area contributed by atoms with Crippen LogP contribution < -0.4 is 10.6 Å². The van der Waals surface area contributed by atoms with E-state index in [2.05, 4.69) is 10.6 Å². The van der Waals surface area contributed by atoms with Crippen LogP contribution in [-0.2, 0) is 109 Å². The normalized spacial score (nSPS) is 51.7. The Labute approximate surface area is 722 Å². The zero-order valence-electron chi connectivity index (χ0n) is 67.7. The van der Waals surface area contributed by atoms with Crippen LogP contribution >= 0.6 is 0 Å². The fourth-order valence-electron chi connectivity index (χ4n) is 16.4. The number of amides is 2. The first kappa shape index (κ1) is 105. The maximum atomic E-state index is 13.2. The second-order valence-corrected chi connectivity index (χ2v) is 32.4. The van der Waals surface area contributed by atoms with E-state index in [1.165, 1.54) is 0 Å². The zero-order chi connectivity index (χ0) is 94.0. The van der Waals surface area contributed by atoms with E-state index >= 15 is 0 Å². The molecule has 58 heteroatoms. The number of aliphatic hydroxyl groups excluding tert-OH is 33. The van der Waals surface area contributed by atoms with Gasteiger partial charge >= 0.3 is 0 Å². The topological polar surface area (TPSA) is 920 Å². The predicted octanol–water partition coefficient (Wildman–Crippen LogP) is -24.7. The molecule has 0 aromatic heterocycles. The summed E-state index contributed by atoms with van der Waals surface area (Å²) in [5.74, 6) is -1.84. The van der Waals surface area contributed by atoms with Crippen molar-refractivity contribution < 1.29 is 278 Å². The molecule has 11 aliphatic heterocycles. The van der Waals surface area contributed by atoms with Crippen LogP contribution in [0.15, 0.2) is 0 Å². The highest BCUT2D eigenvalue weighted by Crippen LogP contribution is 2.41. The molecule has 11 fully saturated rings. The summed E-state index contributed by atoms with van der Waals surface area (Å²) in [6.45, 7) is -10.7. The number of carbonyl (C=O) groups is 2. The number of aliphatic hydroxyl groups is 33. The van der Waals surface area contributed by atoms with Crippen LogP contribution in [0.5, 0.6) is 0 Å². The van der Waals surface area contributed by atoms with Gasteiger partial charge in [0, 0.05) is 13.8 Å². The Balaban J connectivity index is 0.967. The first-order chi connectivity index (χ1) is 60.6. The standard InChI is InChI=1S/C70H118N2O56/c1-14(81)71-27-38(92)53(22(9-79)111-60(27)107)122-61-28(72-15(2)82)39(93)54(23(10-80)118-61)123-67-52(106)56(125-70-59(46(100)35(89)24(121-70)11-108-62-47(101)40(94)29(83)16(3-73)112-62)128-69-58(45(99)34(88)21(8-78)117-69)127-66-50(104)43(97)32(86)19(6-76)115-66)37(91)26(120-67)12-109-63-51(105)55(124-64-48(102)41(95)30(84)17(4-74)113-64)36(90)25(119-63)13-110-68-57(44(98)33(87)20(7-77)116-68)126-65-49(103)42(96)31(85)18(5-75)114-65/h16-70,73-80,83-107H,3-13H2,1-2H3,(H,71,81)(H,72,82)/t16-,17-,18-,19-,20-,21-,22-,23-,24-,25-,26-,27-,28-,29-,30-,31-,32-,33-,34-,35-,36-,37-,38-,39-,40+,41+,42+,43+,44+,45+,46+,47+,48+,49+,50+,51+,52+,53-,54-,55+,56+,57+,58+,59+,60-,61+,62+,63+,64-,65-,66-,67-,68+,69-,70-/m1/s1. The monoisotopic (exact) mass is 1880 g/mol. The lowest BCUT2D eigenvalue weighted by Gasteiger charge is -2.51. The molecule has 11 heterocycles. The molecule has 11 saturated heterocycles. The Kier molecular flexibility index (Phi) is 37.7. The van der Waals surface area contributed by atoms with Crippen molar-refractivity contribution in [2.45, 2.75) is 351 Å². The van der Waals surface area contributed by atoms with Gasteiger partial charge in [-0.25, -0.2) is 0 Å². The molecule has 0 aromatic carbocycles. The summed E-state index contributed by atoms with van der Waals surface area (Å²) in [5.41, 5.74) is 0. The van der Waals surface area contributed by atoms with E-state index in [9.17, 15) is 178 Å². The van der Waals surface area contributed by atoms with Crippen LogP contribution in [0.4, 0.5) is 0 Å². The van der Waals surface area contributed by atoms with Crippen LogP contribution in [-0.4, -0.2) is 591 Å². The molecule has 0 aliphatic carbocycles. The van der Waals surface area contributed by atoms with E-state index in [0.717, 1.165) is 13.8 Å². The Morgan fingerprint density at radius 1 is 0.203 bits per heavy atom. The molecule has 744 valence electrons. The second kappa shape index (κ2) is 45.8. The fraction of sp³-hybridized carbons (Fsp3) is 0.971. The molecular formula is C70H118N2O56. The van der Waals surface area contributed by atoms with Crippen LogP contribution in [0.3, 0.4) is 0 Å². The lowest BCUT2D eigenvalue weighted by atomic mass is 9.94. The quantitative estimate of drug-likeness (QED) is 0.0290. The smallest absolute Gasteiger partial charge is 0.217 e. The summed E-state index contributed by atoms with van der Waals surface area (Å²) in [7, 11) is 0. The molecule has 0 bridgehead atoms. The van der Waals surface area contributed by atoms with Gasteiger partial charge in [0.05, 0.1) is 72.7 Å². The number of rotatable bonds is 33. The SMILES string of the molecule is CC(=O)N[C@@H]1[C@@H](O)[C@H](O[C@@H]2O[C@H](CO)[C@@H](O[C@H]3O[C@H](CO[C@H]4O[C@H](CO[C@H]5O[C@H](CO)[C@@H](O)[C@H](O)[C@@H]5O[C@H]5O[C@H](CO)[C@@H](O)[C@H](O)[C@@H]5O)[C@@H](O)[C@H](O[C@H]5O[C@H](CO)[C@@H](O)[C@H](O)[C@@H]5O)[C@@H]4O)[C@@H](O)[C@H](O[C@H]4O[C@H](CO[C@H]5O[C@H](CO)[C@@H](O)[C@H](O)[C@@H]5O)[C@@H](O)[C@H](O)[C@@H]4O[C@H]4O[C@H](CO)[C@@H](O)[C@H](O)[C@@H]4O[C@H]4O[C@H](CO)[C@@H](O)[C@H](O)[C@@H]4O)[C@@H]3O)[C@H](O)[C@H]2NC(C)=O)[C@@H](CO)O[C@H]1O. The molecule has 0 saturated carbocycles. The van der Waals surface area contributed by atoms with Crippen molar-refractivity contribution in [2.75, 3.05) is 72.7 Å². The van der Waals surface area contributed by atoms with Gasteiger partial charge in [-0.3, -0.25) is 9.59 Å². The van der Waals surface area contributed by atoms with Crippen molar-refractivity contribution in [1.82, 2.24) is 10.6 Å². The van der Waals surface area contributed by atoms with E-state index in [4.69, 9.17) is 99.5 Å². The fourth-order valence-corrected chi connectivity index (χ4v) is 16.4. The van der Waals surface area contributed by atoms with Gasteiger partial charge in [-0.2, -0.15) is 0 Å². The Morgan fingerprint density at radius 2 is 0.430 bits per heavy atom. The van der Waals surface area contributed by atoms with Crippen molar-refractivity contribution in [1.29, 1.82) is 0 Å². The predicted molar refractivity (Wildman–Crippen MR) is 386 cm³/mol. The largest absolute Gasteiger partial charge is 0.394 e. The van der Waals surface area contributed by atoms with E-state index in [-0.39, 0.29) is 0 Å². The van der Waals surface area contributed by atoms with Gasteiger partial charge in [-0.05, 0) is 0 Å². The summed E-state index contributed by atoms with van der Waals surface area (Å²) in [5, 5.41) is 372. The molecule has 11 aliphatic rings. The van der Waals surface area contributed by atoms with Crippen molar-refractivity contribution in [2.24, 2.45) is 0 Å². The van der Waals surface area contributed by atoms with E-state index in [1.807, 2.05) is 0 Å². The van der Waals surface area contributed by atoms with E-state index < -0.39 is 422 Å². The number of hydrogen-bond donors (Lipinski definition) is 35. The lowest BCUT2D eigenvalue weighted by molar-refractivity contribution is -0.409. The van der Waals surface area contributed by atoms with Crippen LogP contribution in [0.1, 0.15) is 13.8 Å². The van der Waals surface area contributed by atoms with Crippen molar-refractivity contribution in [3.8, 4) is 0 Å². The molecule has 35 N–H and O–H groups in total. The molecule has 0 aromatic rings. The summed E-state index contributed by atoms with van der Waals surface area (Å²) in [4.78, 5) is 25.4. The molecular weight excluding hydrogens is 1760 g/mol.